The highest BCUT2D eigenvalue weighted by molar-refractivity contribution is 9.11. The lowest BCUT2D eigenvalue weighted by atomic mass is 10.2. The molecule has 1 aromatic carbocycles. The topological polar surface area (TPSA) is 58.2 Å². The van der Waals surface area contributed by atoms with Crippen LogP contribution in [0.3, 0.4) is 0 Å². The van der Waals surface area contributed by atoms with Crippen molar-refractivity contribution >= 4 is 44.8 Å². The van der Waals surface area contributed by atoms with Crippen LogP contribution in [0.4, 0.5) is 5.69 Å². The zero-order chi connectivity index (χ0) is 13.8. The number of hydrogen-bond donors (Lipinski definition) is 2. The van der Waals surface area contributed by atoms with E-state index in [9.17, 15) is 9.59 Å². The molecule has 0 aliphatic heterocycles. The molecule has 19 heavy (non-hydrogen) atoms. The predicted octanol–water partition coefficient (Wildman–Crippen LogP) is 3.12. The molecule has 0 saturated heterocycles. The van der Waals surface area contributed by atoms with E-state index in [0.717, 1.165) is 3.79 Å². The molecular formula is C13H11BrN2O2S. The summed E-state index contributed by atoms with van der Waals surface area (Å²) in [5.41, 5.74) is 1.81. The van der Waals surface area contributed by atoms with Gasteiger partial charge in [0, 0.05) is 23.7 Å². The third-order valence-corrected chi connectivity index (χ3v) is 3.97. The SMILES string of the molecule is CNC(=O)c1ccc(NC(=O)c2csc(Br)c2)cc1. The standard InChI is InChI=1S/C13H11BrN2O2S/c1-15-12(17)8-2-4-10(5-3-8)16-13(18)9-6-11(14)19-7-9/h2-7H,1H3,(H,15,17)(H,16,18). The van der Waals surface area contributed by atoms with Gasteiger partial charge in [-0.25, -0.2) is 0 Å². The van der Waals surface area contributed by atoms with E-state index in [0.29, 0.717) is 16.8 Å². The number of halogens is 1. The molecule has 0 unspecified atom stereocenters. The third kappa shape index (κ3) is 3.42. The van der Waals surface area contributed by atoms with Crippen molar-refractivity contribution in [2.75, 3.05) is 12.4 Å². The van der Waals surface area contributed by atoms with Crippen molar-refractivity contribution in [3.63, 3.8) is 0 Å². The largest absolute Gasteiger partial charge is 0.355 e. The fraction of sp³-hybridized carbons (Fsp3) is 0.0769. The maximum Gasteiger partial charge on any atom is 0.256 e. The number of hydrogen-bond acceptors (Lipinski definition) is 3. The molecule has 1 heterocycles. The first-order chi connectivity index (χ1) is 9.10. The van der Waals surface area contributed by atoms with Crippen LogP contribution in [0, 0.1) is 0 Å². The van der Waals surface area contributed by atoms with Crippen LogP contribution in [0.1, 0.15) is 20.7 Å². The smallest absolute Gasteiger partial charge is 0.256 e. The van der Waals surface area contributed by atoms with E-state index in [1.165, 1.54) is 11.3 Å². The number of nitrogens with one attached hydrogen (secondary N) is 2. The summed E-state index contributed by atoms with van der Waals surface area (Å²) in [6, 6.07) is 8.49. The van der Waals surface area contributed by atoms with Crippen molar-refractivity contribution in [3.8, 4) is 0 Å². The molecule has 0 saturated carbocycles. The second kappa shape index (κ2) is 5.99. The van der Waals surface area contributed by atoms with Gasteiger partial charge in [-0.2, -0.15) is 0 Å². The van der Waals surface area contributed by atoms with Crippen LogP contribution in [-0.2, 0) is 0 Å². The highest BCUT2D eigenvalue weighted by Gasteiger charge is 2.09. The van der Waals surface area contributed by atoms with E-state index in [1.54, 1.807) is 42.8 Å². The Balaban J connectivity index is 2.07. The fourth-order valence-corrected chi connectivity index (χ4v) is 2.62. The summed E-state index contributed by atoms with van der Waals surface area (Å²) in [5.74, 6) is -0.325. The molecule has 0 bridgehead atoms. The average Bonchev–Trinajstić information content (AvgIpc) is 2.85. The Labute approximate surface area is 123 Å². The van der Waals surface area contributed by atoms with Gasteiger partial charge in [0.05, 0.1) is 9.35 Å². The van der Waals surface area contributed by atoms with Crippen LogP contribution in [0.2, 0.25) is 0 Å². The molecule has 2 aromatic rings. The Bertz CT molecular complexity index is 607. The lowest BCUT2D eigenvalue weighted by molar-refractivity contribution is 0.0962. The van der Waals surface area contributed by atoms with Crippen molar-refractivity contribution in [1.29, 1.82) is 0 Å². The Kier molecular flexibility index (Phi) is 4.34. The fourth-order valence-electron chi connectivity index (χ4n) is 1.48. The summed E-state index contributed by atoms with van der Waals surface area (Å²) in [6.07, 6.45) is 0. The van der Waals surface area contributed by atoms with Gasteiger partial charge in [-0.05, 0) is 46.3 Å². The molecule has 4 nitrogen and oxygen atoms in total. The molecule has 98 valence electrons. The van der Waals surface area contributed by atoms with Crippen LogP contribution < -0.4 is 10.6 Å². The molecular weight excluding hydrogens is 328 g/mol. The van der Waals surface area contributed by atoms with Crippen molar-refractivity contribution in [2.45, 2.75) is 0 Å². The summed E-state index contributed by atoms with van der Waals surface area (Å²) in [4.78, 5) is 23.3. The van der Waals surface area contributed by atoms with Crippen molar-refractivity contribution in [3.05, 3.63) is 50.6 Å². The van der Waals surface area contributed by atoms with Crippen molar-refractivity contribution in [2.24, 2.45) is 0 Å². The van der Waals surface area contributed by atoms with Gasteiger partial charge in [-0.15, -0.1) is 11.3 Å². The lowest BCUT2D eigenvalue weighted by Gasteiger charge is -2.05. The molecule has 2 rings (SSSR count). The maximum atomic E-state index is 11.9. The molecule has 0 aliphatic rings. The number of carbonyl (C=O) groups is 2. The summed E-state index contributed by atoms with van der Waals surface area (Å²) in [7, 11) is 1.58. The van der Waals surface area contributed by atoms with E-state index in [4.69, 9.17) is 0 Å². The van der Waals surface area contributed by atoms with Gasteiger partial charge in [0.1, 0.15) is 0 Å². The molecule has 2 amide bonds. The van der Waals surface area contributed by atoms with Crippen LogP contribution in [0.5, 0.6) is 0 Å². The van der Waals surface area contributed by atoms with Crippen LogP contribution >= 0.6 is 27.3 Å². The lowest BCUT2D eigenvalue weighted by Crippen LogP contribution is -2.17. The second-order valence-electron chi connectivity index (χ2n) is 3.75. The first-order valence-electron chi connectivity index (χ1n) is 5.47. The summed E-state index contributed by atoms with van der Waals surface area (Å²) < 4.78 is 0.910. The highest BCUT2D eigenvalue weighted by Crippen LogP contribution is 2.21. The van der Waals surface area contributed by atoms with Crippen molar-refractivity contribution < 1.29 is 9.59 Å². The minimum Gasteiger partial charge on any atom is -0.355 e. The summed E-state index contributed by atoms with van der Waals surface area (Å²) in [5, 5.41) is 7.09. The van der Waals surface area contributed by atoms with Gasteiger partial charge in [0.15, 0.2) is 0 Å². The van der Waals surface area contributed by atoms with Gasteiger partial charge in [0.25, 0.3) is 11.8 Å². The molecule has 0 radical (unpaired) electrons. The molecule has 0 spiro atoms. The quantitative estimate of drug-likeness (QED) is 0.903. The minimum absolute atomic E-state index is 0.153. The Morgan fingerprint density at radius 2 is 1.79 bits per heavy atom. The zero-order valence-corrected chi connectivity index (χ0v) is 12.5. The van der Waals surface area contributed by atoms with Gasteiger partial charge >= 0.3 is 0 Å². The number of carbonyl (C=O) groups excluding carboxylic acids is 2. The molecule has 0 atom stereocenters. The normalized spacial score (nSPS) is 10.0. The molecule has 2 N–H and O–H groups in total. The zero-order valence-electron chi connectivity index (χ0n) is 10.1. The number of thiophene rings is 1. The average molecular weight is 339 g/mol. The van der Waals surface area contributed by atoms with Crippen LogP contribution in [-0.4, -0.2) is 18.9 Å². The first kappa shape index (κ1) is 13.8. The highest BCUT2D eigenvalue weighted by atomic mass is 79.9. The number of amides is 2. The second-order valence-corrected chi connectivity index (χ2v) is 6.04. The first-order valence-corrected chi connectivity index (χ1v) is 7.15. The van der Waals surface area contributed by atoms with Gasteiger partial charge in [-0.1, -0.05) is 0 Å². The van der Waals surface area contributed by atoms with Crippen molar-refractivity contribution in [1.82, 2.24) is 5.32 Å². The van der Waals surface area contributed by atoms with Gasteiger partial charge in [0.2, 0.25) is 0 Å². The number of benzene rings is 1. The number of rotatable bonds is 3. The monoisotopic (exact) mass is 338 g/mol. The maximum absolute atomic E-state index is 11.9. The third-order valence-electron chi connectivity index (χ3n) is 2.46. The van der Waals surface area contributed by atoms with Crippen LogP contribution in [0.15, 0.2) is 39.5 Å². The Morgan fingerprint density at radius 1 is 1.11 bits per heavy atom. The summed E-state index contributed by atoms with van der Waals surface area (Å²) in [6.45, 7) is 0. The van der Waals surface area contributed by atoms with E-state index in [2.05, 4.69) is 26.6 Å². The molecule has 1 aromatic heterocycles. The van der Waals surface area contributed by atoms with E-state index < -0.39 is 0 Å². The predicted molar refractivity (Wildman–Crippen MR) is 79.8 cm³/mol. The summed E-state index contributed by atoms with van der Waals surface area (Å²) >= 11 is 4.77. The van der Waals surface area contributed by atoms with E-state index in [-0.39, 0.29) is 11.8 Å². The molecule has 6 heteroatoms. The number of anilines is 1. The van der Waals surface area contributed by atoms with E-state index >= 15 is 0 Å². The van der Waals surface area contributed by atoms with E-state index in [1.807, 2.05) is 0 Å². The van der Waals surface area contributed by atoms with Gasteiger partial charge in [-0.3, -0.25) is 9.59 Å². The molecule has 0 fully saturated rings. The minimum atomic E-state index is -0.172. The Morgan fingerprint density at radius 3 is 2.32 bits per heavy atom. The van der Waals surface area contributed by atoms with Crippen LogP contribution in [0.25, 0.3) is 0 Å². The molecule has 0 aliphatic carbocycles. The Hall–Kier alpha value is -1.66. The van der Waals surface area contributed by atoms with Gasteiger partial charge < -0.3 is 10.6 Å².